The summed E-state index contributed by atoms with van der Waals surface area (Å²) in [5, 5.41) is 18.4. The Morgan fingerprint density at radius 3 is 2.89 bits per heavy atom. The second-order valence-corrected chi connectivity index (χ2v) is 5.56. The van der Waals surface area contributed by atoms with Crippen LogP contribution >= 0.6 is 0 Å². The number of hydrogen-bond acceptors (Lipinski definition) is 5. The van der Waals surface area contributed by atoms with E-state index in [-0.39, 0.29) is 18.5 Å². The van der Waals surface area contributed by atoms with Crippen molar-refractivity contribution in [1.29, 1.82) is 0 Å². The van der Waals surface area contributed by atoms with Gasteiger partial charge in [-0.05, 0) is 19.8 Å². The van der Waals surface area contributed by atoms with Crippen molar-refractivity contribution in [3.05, 3.63) is 0 Å². The number of aliphatic hydroxyl groups is 2. The molecule has 2 N–H and O–H groups in total. The number of aliphatic hydroxyl groups excluding tert-OH is 2. The van der Waals surface area contributed by atoms with Gasteiger partial charge in [-0.3, -0.25) is 4.79 Å². The van der Waals surface area contributed by atoms with Gasteiger partial charge >= 0.3 is 0 Å². The molecule has 2 fully saturated rings. The highest BCUT2D eigenvalue weighted by Crippen LogP contribution is 2.53. The van der Waals surface area contributed by atoms with Crippen molar-refractivity contribution in [2.24, 2.45) is 5.41 Å². The molecule has 2 rings (SSSR count). The van der Waals surface area contributed by atoms with Crippen LogP contribution in [0.3, 0.4) is 0 Å². The molecule has 1 heterocycles. The van der Waals surface area contributed by atoms with Crippen molar-refractivity contribution < 1.29 is 24.5 Å². The smallest absolute Gasteiger partial charge is 0.180 e. The van der Waals surface area contributed by atoms with Gasteiger partial charge in [-0.25, -0.2) is 0 Å². The van der Waals surface area contributed by atoms with E-state index in [1.807, 2.05) is 6.92 Å². The molecule has 0 aromatic carbocycles. The first-order chi connectivity index (χ1) is 8.47. The summed E-state index contributed by atoms with van der Waals surface area (Å²) in [5.41, 5.74) is -0.567. The minimum Gasteiger partial charge on any atom is -0.394 e. The van der Waals surface area contributed by atoms with Crippen LogP contribution in [0.4, 0.5) is 0 Å². The van der Waals surface area contributed by atoms with Gasteiger partial charge in [0, 0.05) is 26.4 Å². The van der Waals surface area contributed by atoms with Crippen LogP contribution in [0, 0.1) is 5.41 Å². The van der Waals surface area contributed by atoms with Crippen LogP contribution in [0.2, 0.25) is 0 Å². The average molecular weight is 258 g/mol. The molecule has 1 aliphatic carbocycles. The summed E-state index contributed by atoms with van der Waals surface area (Å²) in [6, 6.07) is 0. The first-order valence-electron chi connectivity index (χ1n) is 6.52. The maximum Gasteiger partial charge on any atom is 0.180 e. The molecule has 0 aromatic heterocycles. The summed E-state index contributed by atoms with van der Waals surface area (Å²) in [4.78, 5) is 12.0. The summed E-state index contributed by atoms with van der Waals surface area (Å²) in [6.07, 6.45) is 1.93. The van der Waals surface area contributed by atoms with Crippen molar-refractivity contribution >= 4 is 5.78 Å². The Balaban J connectivity index is 2.12. The fourth-order valence-electron chi connectivity index (χ4n) is 3.26. The van der Waals surface area contributed by atoms with Gasteiger partial charge in [0.25, 0.3) is 0 Å². The highest BCUT2D eigenvalue weighted by Gasteiger charge is 2.61. The zero-order valence-electron chi connectivity index (χ0n) is 11.0. The molecule has 0 spiro atoms. The molecule has 0 aromatic rings. The van der Waals surface area contributed by atoms with E-state index in [0.29, 0.717) is 32.1 Å². The molecule has 0 amide bonds. The van der Waals surface area contributed by atoms with Gasteiger partial charge in [-0.2, -0.15) is 0 Å². The van der Waals surface area contributed by atoms with Crippen LogP contribution in [0.25, 0.3) is 0 Å². The summed E-state index contributed by atoms with van der Waals surface area (Å²) < 4.78 is 11.5. The maximum absolute atomic E-state index is 12.0. The second-order valence-electron chi connectivity index (χ2n) is 5.56. The Morgan fingerprint density at radius 2 is 2.28 bits per heavy atom. The minimum atomic E-state index is -0.845. The summed E-state index contributed by atoms with van der Waals surface area (Å²) in [7, 11) is 1.57. The van der Waals surface area contributed by atoms with Crippen molar-refractivity contribution in [1.82, 2.24) is 0 Å². The Kier molecular flexibility index (Phi) is 3.78. The van der Waals surface area contributed by atoms with Gasteiger partial charge < -0.3 is 19.7 Å². The van der Waals surface area contributed by atoms with Crippen LogP contribution < -0.4 is 0 Å². The third kappa shape index (κ3) is 1.99. The number of hydrogen-bond donors (Lipinski definition) is 2. The molecular formula is C13H22O5. The van der Waals surface area contributed by atoms with Crippen molar-refractivity contribution in [3.63, 3.8) is 0 Å². The van der Waals surface area contributed by atoms with E-state index in [1.165, 1.54) is 0 Å². The normalized spacial score (nSPS) is 41.8. The van der Waals surface area contributed by atoms with E-state index in [9.17, 15) is 9.90 Å². The Hall–Kier alpha value is -0.490. The lowest BCUT2D eigenvalue weighted by molar-refractivity contribution is -0.310. The first kappa shape index (κ1) is 13.9. The molecule has 18 heavy (non-hydrogen) atoms. The van der Waals surface area contributed by atoms with Crippen LogP contribution in [-0.4, -0.2) is 47.7 Å². The molecule has 1 saturated carbocycles. The zero-order chi connectivity index (χ0) is 13.4. The van der Waals surface area contributed by atoms with Crippen LogP contribution in [-0.2, 0) is 14.3 Å². The molecule has 104 valence electrons. The molecule has 5 heteroatoms. The number of carbonyl (C=O) groups is 1. The lowest BCUT2D eigenvalue weighted by Gasteiger charge is -2.47. The lowest BCUT2D eigenvalue weighted by atomic mass is 9.75. The largest absolute Gasteiger partial charge is 0.394 e. The maximum atomic E-state index is 12.0. The fourth-order valence-corrected chi connectivity index (χ4v) is 3.26. The summed E-state index contributed by atoms with van der Waals surface area (Å²) >= 11 is 0. The SMILES string of the molecule is CO[C@]12CCC(=O)[C@@]1(C)CC[C@@H](CC(O)CO)O2. The molecule has 1 unspecified atom stereocenters. The Bertz CT molecular complexity index is 331. The Labute approximate surface area is 107 Å². The number of ether oxygens (including phenoxy) is 2. The molecule has 0 bridgehead atoms. The van der Waals surface area contributed by atoms with E-state index in [4.69, 9.17) is 14.6 Å². The van der Waals surface area contributed by atoms with Gasteiger partial charge in [0.15, 0.2) is 5.79 Å². The number of fused-ring (bicyclic) bond motifs is 1. The predicted molar refractivity (Wildman–Crippen MR) is 63.9 cm³/mol. The third-order valence-corrected chi connectivity index (χ3v) is 4.54. The van der Waals surface area contributed by atoms with Crippen molar-refractivity contribution in [2.75, 3.05) is 13.7 Å². The quantitative estimate of drug-likeness (QED) is 0.773. The van der Waals surface area contributed by atoms with E-state index in [2.05, 4.69) is 0 Å². The van der Waals surface area contributed by atoms with Crippen molar-refractivity contribution in [3.8, 4) is 0 Å². The third-order valence-electron chi connectivity index (χ3n) is 4.54. The van der Waals surface area contributed by atoms with Gasteiger partial charge in [0.05, 0.1) is 24.2 Å². The van der Waals surface area contributed by atoms with Gasteiger partial charge in [-0.1, -0.05) is 0 Å². The molecule has 1 aliphatic heterocycles. The predicted octanol–water partition coefficient (Wildman–Crippen LogP) is 0.621. The standard InChI is InChI=1S/C13H22O5/c1-12-5-3-10(7-9(15)8-14)18-13(12,17-2)6-4-11(12)16/h9-10,14-15H,3-8H2,1-2H3/t9?,10-,12+,13-/m0/s1. The van der Waals surface area contributed by atoms with Gasteiger partial charge in [-0.15, -0.1) is 0 Å². The molecule has 5 nitrogen and oxygen atoms in total. The van der Waals surface area contributed by atoms with E-state index in [0.717, 1.165) is 0 Å². The number of Topliss-reactive ketones (excluding diaryl/α,β-unsaturated/α-hetero) is 1. The topological polar surface area (TPSA) is 76.0 Å². The number of carbonyl (C=O) groups excluding carboxylic acids is 1. The number of methoxy groups -OCH3 is 1. The van der Waals surface area contributed by atoms with Gasteiger partial charge in [0.1, 0.15) is 5.78 Å². The fraction of sp³-hybridized carbons (Fsp3) is 0.923. The molecule has 2 aliphatic rings. The summed E-state index contributed by atoms with van der Waals surface area (Å²) in [6.45, 7) is 1.64. The van der Waals surface area contributed by atoms with E-state index < -0.39 is 17.3 Å². The first-order valence-corrected chi connectivity index (χ1v) is 6.52. The van der Waals surface area contributed by atoms with Crippen LogP contribution in [0.15, 0.2) is 0 Å². The highest BCUT2D eigenvalue weighted by molar-refractivity contribution is 5.88. The number of ketones is 1. The minimum absolute atomic E-state index is 0.161. The number of rotatable bonds is 4. The lowest BCUT2D eigenvalue weighted by Crippen LogP contribution is -2.55. The van der Waals surface area contributed by atoms with Crippen molar-refractivity contribution in [2.45, 2.75) is 57.0 Å². The summed E-state index contributed by atoms with van der Waals surface area (Å²) in [5.74, 6) is -0.646. The monoisotopic (exact) mass is 258 g/mol. The van der Waals surface area contributed by atoms with E-state index in [1.54, 1.807) is 7.11 Å². The van der Waals surface area contributed by atoms with E-state index >= 15 is 0 Å². The van der Waals surface area contributed by atoms with Gasteiger partial charge in [0.2, 0.25) is 0 Å². The molecular weight excluding hydrogens is 236 g/mol. The van der Waals surface area contributed by atoms with Crippen LogP contribution in [0.5, 0.6) is 0 Å². The molecule has 1 saturated heterocycles. The zero-order valence-corrected chi connectivity index (χ0v) is 11.0. The molecule has 0 radical (unpaired) electrons. The average Bonchev–Trinajstić information content (AvgIpc) is 2.63. The second kappa shape index (κ2) is 4.89. The Morgan fingerprint density at radius 1 is 1.56 bits per heavy atom. The highest BCUT2D eigenvalue weighted by atomic mass is 16.7. The molecule has 4 atom stereocenters. The van der Waals surface area contributed by atoms with Crippen LogP contribution in [0.1, 0.15) is 39.0 Å².